The van der Waals surface area contributed by atoms with E-state index in [1.807, 2.05) is 37.3 Å². The third-order valence-electron chi connectivity index (χ3n) is 5.37. The Morgan fingerprint density at radius 2 is 1.87 bits per heavy atom. The highest BCUT2D eigenvalue weighted by molar-refractivity contribution is 5.55. The molecule has 1 aliphatic rings. The highest BCUT2D eigenvalue weighted by Gasteiger charge is 2.35. The number of pyridine rings is 1. The summed E-state index contributed by atoms with van der Waals surface area (Å²) in [6, 6.07) is 17.7. The first-order valence-corrected chi connectivity index (χ1v) is 9.52. The van der Waals surface area contributed by atoms with Crippen molar-refractivity contribution in [2.75, 3.05) is 0 Å². The van der Waals surface area contributed by atoms with Crippen molar-refractivity contribution >= 4 is 0 Å². The van der Waals surface area contributed by atoms with Gasteiger partial charge in [-0.2, -0.15) is 5.26 Å². The number of rotatable bonds is 3. The van der Waals surface area contributed by atoms with Crippen molar-refractivity contribution in [3.63, 3.8) is 0 Å². The minimum atomic E-state index is -0.933. The summed E-state index contributed by atoms with van der Waals surface area (Å²) in [4.78, 5) is 13.6. The van der Waals surface area contributed by atoms with E-state index >= 15 is 0 Å². The molecule has 150 valence electrons. The number of nitrogens with zero attached hydrogens (tertiary/aromatic N) is 2. The van der Waals surface area contributed by atoms with Crippen molar-refractivity contribution in [3.8, 4) is 11.8 Å². The average Bonchev–Trinajstić information content (AvgIpc) is 2.72. The molecule has 1 aromatic heterocycles. The number of nitriles is 1. The number of nitrogens with two attached hydrogens (primary N) is 1. The molecule has 1 atom stereocenters. The van der Waals surface area contributed by atoms with Crippen LogP contribution in [0.1, 0.15) is 33.9 Å². The van der Waals surface area contributed by atoms with Crippen LogP contribution in [-0.4, -0.2) is 4.57 Å². The van der Waals surface area contributed by atoms with E-state index in [4.69, 9.17) is 10.5 Å². The van der Waals surface area contributed by atoms with Crippen LogP contribution >= 0.6 is 0 Å². The first kappa shape index (κ1) is 19.5. The van der Waals surface area contributed by atoms with Crippen LogP contribution in [0.2, 0.25) is 0 Å². The molecule has 0 amide bonds. The number of benzene rings is 2. The van der Waals surface area contributed by atoms with Crippen LogP contribution in [0.25, 0.3) is 0 Å². The Kier molecular flexibility index (Phi) is 4.88. The van der Waals surface area contributed by atoms with Crippen molar-refractivity contribution in [1.29, 1.82) is 5.26 Å². The fourth-order valence-corrected chi connectivity index (χ4v) is 3.78. The summed E-state index contributed by atoms with van der Waals surface area (Å²) in [6.45, 7) is 4.15. The monoisotopic (exact) mass is 401 g/mol. The fraction of sp³-hybridized carbons (Fsp3) is 0.167. The lowest BCUT2D eigenvalue weighted by atomic mass is 9.83. The number of aromatic nitrogens is 1. The lowest BCUT2D eigenvalue weighted by molar-refractivity contribution is 0.387. The Hall–Kier alpha value is -3.85. The largest absolute Gasteiger partial charge is 0.440 e. The second kappa shape index (κ2) is 7.53. The molecular weight excluding hydrogens is 381 g/mol. The van der Waals surface area contributed by atoms with Gasteiger partial charge in [0.2, 0.25) is 5.88 Å². The van der Waals surface area contributed by atoms with Gasteiger partial charge in [0.15, 0.2) is 0 Å². The number of fused-ring (bicyclic) bond motifs is 1. The zero-order valence-corrected chi connectivity index (χ0v) is 16.6. The van der Waals surface area contributed by atoms with Crippen molar-refractivity contribution in [2.24, 2.45) is 5.73 Å². The summed E-state index contributed by atoms with van der Waals surface area (Å²) in [5.41, 5.74) is 8.84. The van der Waals surface area contributed by atoms with Crippen LogP contribution in [0.5, 0.6) is 5.75 Å². The lowest BCUT2D eigenvalue weighted by Crippen LogP contribution is -2.33. The number of allylic oxidation sites excluding steroid dienone is 1. The molecule has 0 saturated heterocycles. The topological polar surface area (TPSA) is 81.0 Å². The highest BCUT2D eigenvalue weighted by atomic mass is 19.1. The SMILES string of the molecule is Cc1ccc(Cn2c(C)cc3c(c2=O)[C@@H](c2ccccc2F)C(C#N)=C(N)O3)cc1. The third-order valence-corrected chi connectivity index (χ3v) is 5.37. The smallest absolute Gasteiger partial charge is 0.259 e. The minimum Gasteiger partial charge on any atom is -0.440 e. The average molecular weight is 401 g/mol. The minimum absolute atomic E-state index is 0.0236. The molecule has 0 bridgehead atoms. The van der Waals surface area contributed by atoms with Gasteiger partial charge in [0.05, 0.1) is 18.0 Å². The Morgan fingerprint density at radius 1 is 1.17 bits per heavy atom. The van der Waals surface area contributed by atoms with Crippen molar-refractivity contribution < 1.29 is 9.13 Å². The van der Waals surface area contributed by atoms with E-state index in [-0.39, 0.29) is 33.9 Å². The van der Waals surface area contributed by atoms with Gasteiger partial charge in [0, 0.05) is 17.3 Å². The summed E-state index contributed by atoms with van der Waals surface area (Å²) < 4.78 is 21.9. The van der Waals surface area contributed by atoms with Gasteiger partial charge in [0.25, 0.3) is 5.56 Å². The van der Waals surface area contributed by atoms with Crippen molar-refractivity contribution in [1.82, 2.24) is 4.57 Å². The number of hydrogen-bond donors (Lipinski definition) is 1. The van der Waals surface area contributed by atoms with Gasteiger partial charge in [0.1, 0.15) is 23.2 Å². The van der Waals surface area contributed by atoms with Crippen molar-refractivity contribution in [3.05, 3.63) is 110 Å². The van der Waals surface area contributed by atoms with E-state index in [2.05, 4.69) is 0 Å². The first-order valence-electron chi connectivity index (χ1n) is 9.52. The Morgan fingerprint density at radius 3 is 2.53 bits per heavy atom. The maximum Gasteiger partial charge on any atom is 0.259 e. The normalized spacial score (nSPS) is 15.3. The van der Waals surface area contributed by atoms with Gasteiger partial charge in [-0.3, -0.25) is 4.79 Å². The predicted molar refractivity (Wildman–Crippen MR) is 111 cm³/mol. The fourth-order valence-electron chi connectivity index (χ4n) is 3.78. The van der Waals surface area contributed by atoms with E-state index in [1.165, 1.54) is 6.07 Å². The molecular formula is C24H20FN3O2. The van der Waals surface area contributed by atoms with E-state index in [1.54, 1.807) is 35.8 Å². The molecule has 0 aliphatic carbocycles. The molecule has 2 aromatic carbocycles. The molecule has 3 aromatic rings. The van der Waals surface area contributed by atoms with Gasteiger partial charge in [-0.25, -0.2) is 4.39 Å². The van der Waals surface area contributed by atoms with Gasteiger partial charge >= 0.3 is 0 Å². The quantitative estimate of drug-likeness (QED) is 0.722. The third kappa shape index (κ3) is 3.25. The number of halogens is 1. The summed E-state index contributed by atoms with van der Waals surface area (Å²) in [5, 5.41) is 9.69. The summed E-state index contributed by atoms with van der Waals surface area (Å²) in [6.07, 6.45) is 0. The molecule has 0 spiro atoms. The molecule has 2 N–H and O–H groups in total. The van der Waals surface area contributed by atoms with Crippen LogP contribution in [0.15, 0.2) is 70.8 Å². The second-order valence-corrected chi connectivity index (χ2v) is 7.39. The zero-order valence-electron chi connectivity index (χ0n) is 16.6. The van der Waals surface area contributed by atoms with E-state index in [9.17, 15) is 14.4 Å². The van der Waals surface area contributed by atoms with Gasteiger partial charge in [-0.1, -0.05) is 48.0 Å². The van der Waals surface area contributed by atoms with Crippen LogP contribution in [0.4, 0.5) is 4.39 Å². The zero-order chi connectivity index (χ0) is 21.4. The summed E-state index contributed by atoms with van der Waals surface area (Å²) in [5.74, 6) is -1.31. The highest BCUT2D eigenvalue weighted by Crippen LogP contribution is 2.41. The van der Waals surface area contributed by atoms with E-state index < -0.39 is 11.7 Å². The van der Waals surface area contributed by atoms with Gasteiger partial charge in [-0.05, 0) is 25.5 Å². The molecule has 2 heterocycles. The maximum atomic E-state index is 14.7. The molecule has 30 heavy (non-hydrogen) atoms. The standard InChI is InChI=1S/C24H20FN3O2/c1-14-7-9-16(10-8-14)13-28-15(2)11-20-22(24(28)29)21(18(12-26)23(27)30-20)17-5-3-4-6-19(17)25/h3-11,21H,13,27H2,1-2H3/t21-/m0/s1. The van der Waals surface area contributed by atoms with Gasteiger partial charge < -0.3 is 15.0 Å². The van der Waals surface area contributed by atoms with Crippen LogP contribution in [0.3, 0.4) is 0 Å². The van der Waals surface area contributed by atoms with Gasteiger partial charge in [-0.15, -0.1) is 0 Å². The molecule has 1 aliphatic heterocycles. The van der Waals surface area contributed by atoms with E-state index in [0.29, 0.717) is 12.2 Å². The first-order chi connectivity index (χ1) is 14.4. The molecule has 5 nitrogen and oxygen atoms in total. The summed E-state index contributed by atoms with van der Waals surface area (Å²) in [7, 11) is 0. The Labute approximate surface area is 173 Å². The molecule has 6 heteroatoms. The Balaban J connectivity index is 1.93. The number of hydrogen-bond acceptors (Lipinski definition) is 4. The Bertz CT molecular complexity index is 1270. The number of aryl methyl sites for hydroxylation is 2. The second-order valence-electron chi connectivity index (χ2n) is 7.39. The molecule has 0 radical (unpaired) electrons. The molecule has 0 fully saturated rings. The predicted octanol–water partition coefficient (Wildman–Crippen LogP) is 3.87. The number of ether oxygens (including phenoxy) is 1. The van der Waals surface area contributed by atoms with Crippen molar-refractivity contribution in [2.45, 2.75) is 26.3 Å². The molecule has 0 unspecified atom stereocenters. The summed E-state index contributed by atoms with van der Waals surface area (Å²) >= 11 is 0. The molecule has 0 saturated carbocycles. The van der Waals surface area contributed by atoms with Crippen LogP contribution in [0, 0.1) is 31.0 Å². The van der Waals surface area contributed by atoms with E-state index in [0.717, 1.165) is 11.1 Å². The lowest BCUT2D eigenvalue weighted by Gasteiger charge is -2.27. The molecule has 4 rings (SSSR count). The van der Waals surface area contributed by atoms with Crippen LogP contribution < -0.4 is 16.0 Å². The van der Waals surface area contributed by atoms with Crippen LogP contribution in [-0.2, 0) is 6.54 Å². The maximum absolute atomic E-state index is 14.7.